The molecular formula is C16H13ClF2O3. The summed E-state index contributed by atoms with van der Waals surface area (Å²) in [6, 6.07) is 6.48. The molecule has 0 N–H and O–H groups in total. The normalized spacial score (nSPS) is 10.4. The van der Waals surface area contributed by atoms with Gasteiger partial charge >= 0.3 is 5.97 Å². The number of hydrogen-bond acceptors (Lipinski definition) is 3. The summed E-state index contributed by atoms with van der Waals surface area (Å²) in [4.78, 5) is 11.8. The molecule has 0 saturated heterocycles. The largest absolute Gasteiger partial charge is 0.483 e. The van der Waals surface area contributed by atoms with Gasteiger partial charge in [0.1, 0.15) is 6.61 Å². The minimum absolute atomic E-state index is 0.189. The fraction of sp³-hybridized carbons (Fsp3) is 0.188. The summed E-state index contributed by atoms with van der Waals surface area (Å²) in [6.07, 6.45) is 0. The van der Waals surface area contributed by atoms with E-state index in [-0.39, 0.29) is 12.2 Å². The van der Waals surface area contributed by atoms with E-state index in [0.717, 1.165) is 12.1 Å². The van der Waals surface area contributed by atoms with E-state index in [1.807, 2.05) is 0 Å². The van der Waals surface area contributed by atoms with Crippen LogP contribution in [0.25, 0.3) is 0 Å². The number of carbonyl (C=O) groups is 1. The Morgan fingerprint density at radius 1 is 1.23 bits per heavy atom. The standard InChI is InChI=1S/C16H13ClF2O3/c1-9-6-10(17)7-11(16(20)21-2)12(9)8-22-15-13(18)4-3-5-14(15)19/h3-7H,8H2,1-2H3. The summed E-state index contributed by atoms with van der Waals surface area (Å²) < 4.78 is 37.0. The Kier molecular flexibility index (Phi) is 4.98. The average molecular weight is 327 g/mol. The molecule has 0 saturated carbocycles. The molecule has 2 aromatic carbocycles. The second-order valence-corrected chi connectivity index (χ2v) is 5.02. The summed E-state index contributed by atoms with van der Waals surface area (Å²) in [7, 11) is 1.24. The zero-order valence-corrected chi connectivity index (χ0v) is 12.7. The van der Waals surface area contributed by atoms with E-state index < -0.39 is 23.4 Å². The van der Waals surface area contributed by atoms with Gasteiger partial charge < -0.3 is 9.47 Å². The van der Waals surface area contributed by atoms with Crippen LogP contribution in [0.2, 0.25) is 5.02 Å². The van der Waals surface area contributed by atoms with Crippen molar-refractivity contribution < 1.29 is 23.0 Å². The van der Waals surface area contributed by atoms with Crippen LogP contribution in [0.5, 0.6) is 5.75 Å². The maximum absolute atomic E-state index is 13.6. The van der Waals surface area contributed by atoms with Crippen LogP contribution in [0, 0.1) is 18.6 Å². The van der Waals surface area contributed by atoms with Gasteiger partial charge in [-0.05, 0) is 36.8 Å². The highest BCUT2D eigenvalue weighted by Crippen LogP contribution is 2.26. The summed E-state index contributed by atoms with van der Waals surface area (Å²) in [5, 5.41) is 0.360. The number of para-hydroxylation sites is 1. The monoisotopic (exact) mass is 326 g/mol. The minimum atomic E-state index is -0.814. The first-order valence-electron chi connectivity index (χ1n) is 6.38. The van der Waals surface area contributed by atoms with Crippen molar-refractivity contribution in [2.75, 3.05) is 7.11 Å². The van der Waals surface area contributed by atoms with Gasteiger partial charge in [-0.1, -0.05) is 17.7 Å². The van der Waals surface area contributed by atoms with Crippen LogP contribution in [0.1, 0.15) is 21.5 Å². The third kappa shape index (κ3) is 3.36. The first-order valence-corrected chi connectivity index (χ1v) is 6.76. The number of carbonyl (C=O) groups excluding carboxylic acids is 1. The summed E-state index contributed by atoms with van der Waals surface area (Å²) in [5.41, 5.74) is 1.31. The summed E-state index contributed by atoms with van der Waals surface area (Å²) in [6.45, 7) is 1.53. The lowest BCUT2D eigenvalue weighted by Gasteiger charge is -2.14. The Hall–Kier alpha value is -2.14. The number of methoxy groups -OCH3 is 1. The van der Waals surface area contributed by atoms with Crippen LogP contribution in [0.4, 0.5) is 8.78 Å². The number of esters is 1. The molecule has 0 heterocycles. The van der Waals surface area contributed by atoms with E-state index in [0.29, 0.717) is 16.1 Å². The van der Waals surface area contributed by atoms with Crippen LogP contribution in [0.3, 0.4) is 0 Å². The molecule has 0 bridgehead atoms. The molecule has 22 heavy (non-hydrogen) atoms. The molecule has 0 amide bonds. The Morgan fingerprint density at radius 3 is 2.45 bits per heavy atom. The number of ether oxygens (including phenoxy) is 2. The second-order valence-electron chi connectivity index (χ2n) is 4.58. The average Bonchev–Trinajstić information content (AvgIpc) is 2.47. The third-order valence-corrected chi connectivity index (χ3v) is 3.34. The minimum Gasteiger partial charge on any atom is -0.483 e. The molecule has 0 aliphatic carbocycles. The molecule has 0 unspecified atom stereocenters. The number of hydrogen-bond donors (Lipinski definition) is 0. The predicted octanol–water partition coefficient (Wildman–Crippen LogP) is 4.29. The van der Waals surface area contributed by atoms with Gasteiger partial charge in [0, 0.05) is 10.6 Å². The van der Waals surface area contributed by atoms with Gasteiger partial charge in [-0.15, -0.1) is 0 Å². The van der Waals surface area contributed by atoms with Gasteiger partial charge in [0.2, 0.25) is 0 Å². The quantitative estimate of drug-likeness (QED) is 0.786. The number of aryl methyl sites for hydroxylation is 1. The third-order valence-electron chi connectivity index (χ3n) is 3.12. The molecule has 2 aromatic rings. The topological polar surface area (TPSA) is 35.5 Å². The number of benzene rings is 2. The van der Waals surface area contributed by atoms with Gasteiger partial charge in [-0.2, -0.15) is 0 Å². The highest BCUT2D eigenvalue weighted by Gasteiger charge is 2.17. The van der Waals surface area contributed by atoms with Crippen LogP contribution >= 0.6 is 11.6 Å². The van der Waals surface area contributed by atoms with Crippen molar-refractivity contribution in [3.8, 4) is 5.75 Å². The molecule has 2 rings (SSSR count). The van der Waals surface area contributed by atoms with Crippen molar-refractivity contribution in [2.24, 2.45) is 0 Å². The Labute approximate surface area is 131 Å². The molecule has 6 heteroatoms. The van der Waals surface area contributed by atoms with Crippen molar-refractivity contribution >= 4 is 17.6 Å². The van der Waals surface area contributed by atoms with E-state index in [9.17, 15) is 13.6 Å². The lowest BCUT2D eigenvalue weighted by Crippen LogP contribution is -2.10. The molecule has 0 radical (unpaired) electrons. The molecule has 0 spiro atoms. The smallest absolute Gasteiger partial charge is 0.338 e. The van der Waals surface area contributed by atoms with Crippen molar-refractivity contribution in [3.05, 3.63) is 63.7 Å². The van der Waals surface area contributed by atoms with Crippen molar-refractivity contribution in [1.82, 2.24) is 0 Å². The second kappa shape index (κ2) is 6.75. The van der Waals surface area contributed by atoms with Crippen molar-refractivity contribution in [3.63, 3.8) is 0 Å². The SMILES string of the molecule is COC(=O)c1cc(Cl)cc(C)c1COc1c(F)cccc1F. The zero-order valence-electron chi connectivity index (χ0n) is 12.0. The van der Waals surface area contributed by atoms with Crippen LogP contribution in [0.15, 0.2) is 30.3 Å². The molecule has 0 fully saturated rings. The first-order chi connectivity index (χ1) is 10.4. The molecule has 0 aliphatic rings. The van der Waals surface area contributed by atoms with Crippen LogP contribution in [-0.2, 0) is 11.3 Å². The first kappa shape index (κ1) is 16.2. The summed E-state index contributed by atoms with van der Waals surface area (Å²) >= 11 is 5.92. The lowest BCUT2D eigenvalue weighted by molar-refractivity contribution is 0.0597. The van der Waals surface area contributed by atoms with Gasteiger partial charge in [0.05, 0.1) is 12.7 Å². The van der Waals surface area contributed by atoms with E-state index in [1.165, 1.54) is 19.2 Å². The van der Waals surface area contributed by atoms with Crippen LogP contribution in [-0.4, -0.2) is 13.1 Å². The van der Waals surface area contributed by atoms with E-state index in [4.69, 9.17) is 16.3 Å². The highest BCUT2D eigenvalue weighted by atomic mass is 35.5. The fourth-order valence-corrected chi connectivity index (χ4v) is 2.29. The van der Waals surface area contributed by atoms with Crippen LogP contribution < -0.4 is 4.74 Å². The molecule has 0 atom stereocenters. The van der Waals surface area contributed by atoms with Crippen molar-refractivity contribution in [1.29, 1.82) is 0 Å². The molecular weight excluding hydrogens is 314 g/mol. The maximum Gasteiger partial charge on any atom is 0.338 e. The fourth-order valence-electron chi connectivity index (χ4n) is 2.02. The Bertz CT molecular complexity index is 697. The lowest BCUT2D eigenvalue weighted by atomic mass is 10.0. The zero-order chi connectivity index (χ0) is 16.3. The van der Waals surface area contributed by atoms with Gasteiger partial charge in [-0.25, -0.2) is 13.6 Å². The highest BCUT2D eigenvalue weighted by molar-refractivity contribution is 6.31. The molecule has 0 aromatic heterocycles. The van der Waals surface area contributed by atoms with E-state index >= 15 is 0 Å². The molecule has 3 nitrogen and oxygen atoms in total. The number of halogens is 3. The van der Waals surface area contributed by atoms with E-state index in [2.05, 4.69) is 4.74 Å². The van der Waals surface area contributed by atoms with E-state index in [1.54, 1.807) is 13.0 Å². The summed E-state index contributed by atoms with van der Waals surface area (Å²) in [5.74, 6) is -2.72. The predicted molar refractivity (Wildman–Crippen MR) is 78.2 cm³/mol. The van der Waals surface area contributed by atoms with Gasteiger partial charge in [0.25, 0.3) is 0 Å². The maximum atomic E-state index is 13.6. The van der Waals surface area contributed by atoms with Gasteiger partial charge in [-0.3, -0.25) is 0 Å². The molecule has 0 aliphatic heterocycles. The van der Waals surface area contributed by atoms with Gasteiger partial charge in [0.15, 0.2) is 17.4 Å². The van der Waals surface area contributed by atoms with Crippen molar-refractivity contribution in [2.45, 2.75) is 13.5 Å². The number of rotatable bonds is 4. The Balaban J connectivity index is 2.35. The molecule has 116 valence electrons. The Morgan fingerprint density at radius 2 is 1.86 bits per heavy atom.